The summed E-state index contributed by atoms with van der Waals surface area (Å²) in [4.78, 5) is 2.33. The van der Waals surface area contributed by atoms with Crippen molar-refractivity contribution in [2.75, 3.05) is 18.5 Å². The molecule has 1 aromatic carbocycles. The van der Waals surface area contributed by atoms with Crippen molar-refractivity contribution in [2.24, 2.45) is 0 Å². The van der Waals surface area contributed by atoms with Crippen LogP contribution in [0.25, 0.3) is 0 Å². The molecule has 20 heavy (non-hydrogen) atoms. The van der Waals surface area contributed by atoms with Crippen molar-refractivity contribution in [2.45, 2.75) is 51.7 Å². The third kappa shape index (κ3) is 2.06. The minimum Gasteiger partial charge on any atom is -0.399 e. The predicted molar refractivity (Wildman–Crippen MR) is 83.7 cm³/mol. The summed E-state index contributed by atoms with van der Waals surface area (Å²) in [5, 5.41) is 0. The molecular weight excluding hydrogens is 249 g/mol. The highest BCUT2D eigenvalue weighted by Crippen LogP contribution is 2.37. The number of hydrogen-bond donors (Lipinski definition) is 0. The zero-order valence-electron chi connectivity index (χ0n) is 13.2. The third-order valence-electron chi connectivity index (χ3n) is 5.03. The van der Waals surface area contributed by atoms with E-state index in [0.717, 1.165) is 13.0 Å². The molecule has 0 amide bonds. The molecule has 0 N–H and O–H groups in total. The van der Waals surface area contributed by atoms with Gasteiger partial charge in [0.2, 0.25) is 0 Å². The smallest absolute Gasteiger partial charge is 0.399 e. The van der Waals surface area contributed by atoms with Crippen molar-refractivity contribution in [3.63, 3.8) is 0 Å². The molecule has 0 bridgehead atoms. The third-order valence-corrected chi connectivity index (χ3v) is 5.03. The van der Waals surface area contributed by atoms with E-state index in [9.17, 15) is 0 Å². The predicted octanol–water partition coefficient (Wildman–Crippen LogP) is 2.37. The van der Waals surface area contributed by atoms with E-state index < -0.39 is 0 Å². The molecule has 0 aromatic heterocycles. The van der Waals surface area contributed by atoms with E-state index in [1.165, 1.54) is 23.1 Å². The lowest BCUT2D eigenvalue weighted by Gasteiger charge is -2.32. The Labute approximate surface area is 122 Å². The van der Waals surface area contributed by atoms with Gasteiger partial charge in [0, 0.05) is 19.3 Å². The molecule has 0 atom stereocenters. The van der Waals surface area contributed by atoms with Crippen LogP contribution >= 0.6 is 0 Å². The second kappa shape index (κ2) is 4.50. The fourth-order valence-corrected chi connectivity index (χ4v) is 3.03. The number of nitrogens with zero attached hydrogens (tertiary/aromatic N) is 1. The number of hydrogen-bond acceptors (Lipinski definition) is 3. The van der Waals surface area contributed by atoms with Crippen LogP contribution in [-0.2, 0) is 15.7 Å². The van der Waals surface area contributed by atoms with E-state index in [1.54, 1.807) is 0 Å². The van der Waals surface area contributed by atoms with Gasteiger partial charge < -0.3 is 14.2 Å². The number of anilines is 1. The molecule has 1 aromatic rings. The second-order valence-corrected chi connectivity index (χ2v) is 6.96. The fraction of sp³-hybridized carbons (Fsp3) is 0.625. The van der Waals surface area contributed by atoms with Crippen molar-refractivity contribution >= 4 is 18.3 Å². The van der Waals surface area contributed by atoms with Crippen molar-refractivity contribution in [1.29, 1.82) is 0 Å². The Morgan fingerprint density at radius 1 is 1.10 bits per heavy atom. The number of fused-ring (bicyclic) bond motifs is 1. The van der Waals surface area contributed by atoms with Crippen LogP contribution < -0.4 is 10.4 Å². The van der Waals surface area contributed by atoms with Crippen molar-refractivity contribution < 1.29 is 9.31 Å². The van der Waals surface area contributed by atoms with Crippen LogP contribution in [0.4, 0.5) is 5.69 Å². The average Bonchev–Trinajstić information content (AvgIpc) is 2.58. The highest BCUT2D eigenvalue weighted by Gasteiger charge is 2.52. The maximum Gasteiger partial charge on any atom is 0.495 e. The Morgan fingerprint density at radius 2 is 1.75 bits per heavy atom. The van der Waals surface area contributed by atoms with Gasteiger partial charge in [0.1, 0.15) is 0 Å². The lowest BCUT2D eigenvalue weighted by atomic mass is 9.74. The van der Waals surface area contributed by atoms with Gasteiger partial charge in [-0.15, -0.1) is 0 Å². The van der Waals surface area contributed by atoms with Crippen molar-refractivity contribution in [3.8, 4) is 0 Å². The first-order valence-electron chi connectivity index (χ1n) is 7.50. The van der Waals surface area contributed by atoms with E-state index in [1.807, 2.05) is 0 Å². The minimum absolute atomic E-state index is 0.249. The normalized spacial score (nSPS) is 23.9. The first kappa shape index (κ1) is 14.0. The summed E-state index contributed by atoms with van der Waals surface area (Å²) >= 11 is 0. The van der Waals surface area contributed by atoms with Gasteiger partial charge in [-0.2, -0.15) is 0 Å². The zero-order chi connectivity index (χ0) is 14.5. The van der Waals surface area contributed by atoms with Crippen molar-refractivity contribution in [1.82, 2.24) is 0 Å². The summed E-state index contributed by atoms with van der Waals surface area (Å²) in [5.74, 6) is 0. The Hall–Kier alpha value is -0.995. The lowest BCUT2D eigenvalue weighted by Crippen LogP contribution is -2.41. The molecule has 1 saturated heterocycles. The van der Waals surface area contributed by atoms with Crippen LogP contribution in [0.3, 0.4) is 0 Å². The first-order chi connectivity index (χ1) is 9.32. The summed E-state index contributed by atoms with van der Waals surface area (Å²) in [5.41, 5.74) is 3.36. The Kier molecular flexibility index (Phi) is 3.14. The van der Waals surface area contributed by atoms with Gasteiger partial charge in [-0.1, -0.05) is 12.1 Å². The van der Waals surface area contributed by atoms with Crippen LogP contribution in [0.2, 0.25) is 0 Å². The standard InChI is InChI=1S/C16H24BNO2/c1-15(2)16(3,4)20-17(19-15)13-9-6-10-14-12(13)8-7-11-18(14)5/h6,9-10H,7-8,11H2,1-5H3. The average molecular weight is 273 g/mol. The second-order valence-electron chi connectivity index (χ2n) is 6.96. The molecule has 2 heterocycles. The van der Waals surface area contributed by atoms with Crippen LogP contribution in [0.5, 0.6) is 0 Å². The number of benzene rings is 1. The van der Waals surface area contributed by atoms with Gasteiger partial charge in [-0.05, 0) is 57.6 Å². The van der Waals surface area contributed by atoms with Gasteiger partial charge in [0.05, 0.1) is 11.2 Å². The monoisotopic (exact) mass is 273 g/mol. The molecule has 108 valence electrons. The minimum atomic E-state index is -0.277. The summed E-state index contributed by atoms with van der Waals surface area (Å²) in [7, 11) is 1.91. The molecule has 2 aliphatic heterocycles. The zero-order valence-corrected chi connectivity index (χ0v) is 13.2. The van der Waals surface area contributed by atoms with E-state index in [-0.39, 0.29) is 18.3 Å². The molecule has 3 nitrogen and oxygen atoms in total. The lowest BCUT2D eigenvalue weighted by molar-refractivity contribution is 0.00578. The van der Waals surface area contributed by atoms with Crippen LogP contribution in [0.15, 0.2) is 18.2 Å². The molecule has 4 heteroatoms. The molecule has 0 unspecified atom stereocenters. The summed E-state index contributed by atoms with van der Waals surface area (Å²) < 4.78 is 12.4. The summed E-state index contributed by atoms with van der Waals surface area (Å²) in [6.07, 6.45) is 2.31. The Bertz CT molecular complexity index is 511. The van der Waals surface area contributed by atoms with Gasteiger partial charge >= 0.3 is 7.12 Å². The molecule has 0 spiro atoms. The molecule has 0 radical (unpaired) electrons. The molecule has 0 aliphatic carbocycles. The Balaban J connectivity index is 1.99. The quantitative estimate of drug-likeness (QED) is 0.733. The number of rotatable bonds is 1. The van der Waals surface area contributed by atoms with E-state index in [4.69, 9.17) is 9.31 Å². The van der Waals surface area contributed by atoms with E-state index in [0.29, 0.717) is 0 Å². The van der Waals surface area contributed by atoms with Gasteiger partial charge in [0.25, 0.3) is 0 Å². The topological polar surface area (TPSA) is 21.7 Å². The van der Waals surface area contributed by atoms with Crippen LogP contribution in [0.1, 0.15) is 39.7 Å². The largest absolute Gasteiger partial charge is 0.495 e. The molecule has 1 fully saturated rings. The van der Waals surface area contributed by atoms with E-state index in [2.05, 4.69) is 57.8 Å². The maximum absolute atomic E-state index is 6.21. The maximum atomic E-state index is 6.21. The van der Waals surface area contributed by atoms with Gasteiger partial charge in [0.15, 0.2) is 0 Å². The highest BCUT2D eigenvalue weighted by atomic mass is 16.7. The molecule has 0 saturated carbocycles. The SMILES string of the molecule is CN1CCCc2c(B3OC(C)(C)C(C)(C)O3)cccc21. The van der Waals surface area contributed by atoms with Crippen molar-refractivity contribution in [3.05, 3.63) is 23.8 Å². The summed E-state index contributed by atoms with van der Waals surface area (Å²) in [6.45, 7) is 9.55. The van der Waals surface area contributed by atoms with Crippen LogP contribution in [0, 0.1) is 0 Å². The van der Waals surface area contributed by atoms with Gasteiger partial charge in [-0.3, -0.25) is 0 Å². The fourth-order valence-electron chi connectivity index (χ4n) is 3.03. The van der Waals surface area contributed by atoms with E-state index >= 15 is 0 Å². The Morgan fingerprint density at radius 3 is 2.40 bits per heavy atom. The first-order valence-corrected chi connectivity index (χ1v) is 7.50. The summed E-state index contributed by atoms with van der Waals surface area (Å²) in [6, 6.07) is 6.46. The molecule has 3 rings (SSSR count). The van der Waals surface area contributed by atoms with Crippen LogP contribution in [-0.4, -0.2) is 31.9 Å². The molecular formula is C16H24BNO2. The highest BCUT2D eigenvalue weighted by molar-refractivity contribution is 6.62. The van der Waals surface area contributed by atoms with Gasteiger partial charge in [-0.25, -0.2) is 0 Å². The molecule has 2 aliphatic rings.